The lowest BCUT2D eigenvalue weighted by Crippen LogP contribution is -2.16. The predicted octanol–water partition coefficient (Wildman–Crippen LogP) is 2.70. The Bertz CT molecular complexity index is 356. The molecule has 108 valence electrons. The molecule has 0 amide bonds. The summed E-state index contributed by atoms with van der Waals surface area (Å²) >= 11 is 0. The average molecular weight is 266 g/mol. The first kappa shape index (κ1) is 15.9. The molecule has 1 heterocycles. The number of hydrogen-bond acceptors (Lipinski definition) is 4. The topological polar surface area (TPSA) is 43.4 Å². The lowest BCUT2D eigenvalue weighted by molar-refractivity contribution is 0.130. The second-order valence-corrected chi connectivity index (χ2v) is 4.47. The van der Waals surface area contributed by atoms with Crippen molar-refractivity contribution in [1.82, 2.24) is 10.3 Å². The van der Waals surface area contributed by atoms with E-state index in [4.69, 9.17) is 9.47 Å². The fourth-order valence-corrected chi connectivity index (χ4v) is 1.73. The molecule has 0 aromatic carbocycles. The quantitative estimate of drug-likeness (QED) is 0.661. The Kier molecular flexibility index (Phi) is 8.18. The van der Waals surface area contributed by atoms with Gasteiger partial charge in [0, 0.05) is 31.9 Å². The summed E-state index contributed by atoms with van der Waals surface area (Å²) in [5.74, 6) is 0.880. The van der Waals surface area contributed by atoms with Gasteiger partial charge in [-0.25, -0.2) is 0 Å². The van der Waals surface area contributed by atoms with E-state index in [2.05, 4.69) is 17.2 Å². The van der Waals surface area contributed by atoms with Crippen molar-refractivity contribution in [2.45, 2.75) is 40.2 Å². The van der Waals surface area contributed by atoms with Crippen molar-refractivity contribution in [3.63, 3.8) is 0 Å². The van der Waals surface area contributed by atoms with Crippen LogP contribution in [0.2, 0.25) is 0 Å². The first-order valence-electron chi connectivity index (χ1n) is 7.15. The predicted molar refractivity (Wildman–Crippen MR) is 77.6 cm³/mol. The average Bonchev–Trinajstić information content (AvgIpc) is 2.41. The number of aryl methyl sites for hydroxylation is 1. The van der Waals surface area contributed by atoms with Gasteiger partial charge in [0.25, 0.3) is 0 Å². The van der Waals surface area contributed by atoms with E-state index < -0.39 is 0 Å². The van der Waals surface area contributed by atoms with Gasteiger partial charge in [-0.05, 0) is 38.9 Å². The highest BCUT2D eigenvalue weighted by Gasteiger charge is 2.05. The van der Waals surface area contributed by atoms with Crippen LogP contribution < -0.4 is 10.1 Å². The number of rotatable bonds is 10. The lowest BCUT2D eigenvalue weighted by atomic mass is 10.2. The molecule has 0 aliphatic rings. The van der Waals surface area contributed by atoms with Gasteiger partial charge in [0.1, 0.15) is 5.75 Å². The van der Waals surface area contributed by atoms with Crippen molar-refractivity contribution in [2.24, 2.45) is 0 Å². The second kappa shape index (κ2) is 9.75. The number of nitrogens with zero attached hydrogens (tertiary/aromatic N) is 1. The first-order chi connectivity index (χ1) is 9.27. The zero-order chi connectivity index (χ0) is 13.9. The number of pyridine rings is 1. The molecule has 1 rings (SSSR count). The van der Waals surface area contributed by atoms with Crippen molar-refractivity contribution in [3.05, 3.63) is 23.5 Å². The smallest absolute Gasteiger partial charge is 0.142 e. The lowest BCUT2D eigenvalue weighted by Gasteiger charge is -2.12. The minimum atomic E-state index is 0.672. The Labute approximate surface area is 116 Å². The van der Waals surface area contributed by atoms with Crippen LogP contribution >= 0.6 is 0 Å². The van der Waals surface area contributed by atoms with Gasteiger partial charge in [-0.2, -0.15) is 0 Å². The maximum absolute atomic E-state index is 5.79. The third kappa shape index (κ3) is 6.55. The van der Waals surface area contributed by atoms with E-state index in [1.54, 1.807) is 0 Å². The molecular formula is C15H26N2O2. The van der Waals surface area contributed by atoms with Crippen molar-refractivity contribution in [1.29, 1.82) is 0 Å². The normalized spacial score (nSPS) is 10.7. The minimum absolute atomic E-state index is 0.672. The Morgan fingerprint density at radius 2 is 2.05 bits per heavy atom. The maximum Gasteiger partial charge on any atom is 0.142 e. The fourth-order valence-electron chi connectivity index (χ4n) is 1.73. The summed E-state index contributed by atoms with van der Waals surface area (Å²) in [7, 11) is 0. The molecule has 0 saturated carbocycles. The van der Waals surface area contributed by atoms with E-state index in [-0.39, 0.29) is 0 Å². The molecule has 0 radical (unpaired) electrons. The molecule has 1 N–H and O–H groups in total. The molecule has 1 aromatic heterocycles. The van der Waals surface area contributed by atoms with Crippen LogP contribution in [0.5, 0.6) is 5.75 Å². The zero-order valence-electron chi connectivity index (χ0n) is 12.4. The summed E-state index contributed by atoms with van der Waals surface area (Å²) in [6.07, 6.45) is 2.03. The van der Waals surface area contributed by atoms with E-state index in [0.29, 0.717) is 6.61 Å². The van der Waals surface area contributed by atoms with E-state index in [0.717, 1.165) is 56.3 Å². The largest absolute Gasteiger partial charge is 0.492 e. The molecule has 4 heteroatoms. The third-order valence-electron chi connectivity index (χ3n) is 2.69. The molecule has 19 heavy (non-hydrogen) atoms. The number of aromatic nitrogens is 1. The Hall–Kier alpha value is -1.13. The SMILES string of the molecule is CCCNCc1nc(C)ccc1OCCCOCC. The highest BCUT2D eigenvalue weighted by molar-refractivity contribution is 5.29. The molecule has 1 aromatic rings. The summed E-state index contributed by atoms with van der Waals surface area (Å²) in [5.41, 5.74) is 2.01. The molecule has 0 atom stereocenters. The third-order valence-corrected chi connectivity index (χ3v) is 2.69. The van der Waals surface area contributed by atoms with Crippen LogP contribution in [0, 0.1) is 6.92 Å². The molecule has 0 spiro atoms. The van der Waals surface area contributed by atoms with Crippen LogP contribution in [0.1, 0.15) is 38.1 Å². The zero-order valence-corrected chi connectivity index (χ0v) is 12.4. The van der Waals surface area contributed by atoms with Crippen LogP contribution in [0.15, 0.2) is 12.1 Å². The second-order valence-electron chi connectivity index (χ2n) is 4.47. The molecule has 4 nitrogen and oxygen atoms in total. The molecule has 0 fully saturated rings. The summed E-state index contributed by atoms with van der Waals surface area (Å²) in [5, 5.41) is 3.36. The maximum atomic E-state index is 5.79. The highest BCUT2D eigenvalue weighted by Crippen LogP contribution is 2.17. The van der Waals surface area contributed by atoms with Gasteiger partial charge >= 0.3 is 0 Å². The van der Waals surface area contributed by atoms with Gasteiger partial charge in [0.15, 0.2) is 0 Å². The summed E-state index contributed by atoms with van der Waals surface area (Å²) < 4.78 is 11.1. The van der Waals surface area contributed by atoms with Gasteiger partial charge in [-0.15, -0.1) is 0 Å². The van der Waals surface area contributed by atoms with Gasteiger partial charge in [0.2, 0.25) is 0 Å². The number of nitrogens with one attached hydrogen (secondary N) is 1. The van der Waals surface area contributed by atoms with E-state index >= 15 is 0 Å². The Balaban J connectivity index is 2.45. The summed E-state index contributed by atoms with van der Waals surface area (Å²) in [6.45, 7) is 10.1. The van der Waals surface area contributed by atoms with E-state index in [1.807, 2.05) is 26.0 Å². The van der Waals surface area contributed by atoms with E-state index in [9.17, 15) is 0 Å². The van der Waals surface area contributed by atoms with Crippen molar-refractivity contribution < 1.29 is 9.47 Å². The summed E-state index contributed by atoms with van der Waals surface area (Å²) in [4.78, 5) is 4.54. The highest BCUT2D eigenvalue weighted by atomic mass is 16.5. The van der Waals surface area contributed by atoms with Gasteiger partial charge in [0.05, 0.1) is 12.3 Å². The molecule has 0 aliphatic heterocycles. The molecule has 0 bridgehead atoms. The monoisotopic (exact) mass is 266 g/mol. The van der Waals surface area contributed by atoms with Crippen molar-refractivity contribution in [3.8, 4) is 5.75 Å². The Morgan fingerprint density at radius 1 is 1.21 bits per heavy atom. The fraction of sp³-hybridized carbons (Fsp3) is 0.667. The standard InChI is InChI=1S/C15H26N2O2/c1-4-9-16-12-14-15(8-7-13(3)17-14)19-11-6-10-18-5-2/h7-8,16H,4-6,9-12H2,1-3H3. The molecular weight excluding hydrogens is 240 g/mol. The van der Waals surface area contributed by atoms with E-state index in [1.165, 1.54) is 0 Å². The van der Waals surface area contributed by atoms with Crippen LogP contribution in [0.4, 0.5) is 0 Å². The Morgan fingerprint density at radius 3 is 2.79 bits per heavy atom. The molecule has 0 aliphatic carbocycles. The van der Waals surface area contributed by atoms with Gasteiger partial charge < -0.3 is 14.8 Å². The molecule has 0 saturated heterocycles. The van der Waals surface area contributed by atoms with Gasteiger partial charge in [-0.3, -0.25) is 4.98 Å². The minimum Gasteiger partial charge on any atom is -0.492 e. The van der Waals surface area contributed by atoms with Crippen LogP contribution in [0.3, 0.4) is 0 Å². The summed E-state index contributed by atoms with van der Waals surface area (Å²) in [6, 6.07) is 3.99. The van der Waals surface area contributed by atoms with Crippen molar-refractivity contribution in [2.75, 3.05) is 26.4 Å². The first-order valence-corrected chi connectivity index (χ1v) is 7.15. The van der Waals surface area contributed by atoms with Crippen molar-refractivity contribution >= 4 is 0 Å². The van der Waals surface area contributed by atoms with Crippen LogP contribution in [-0.2, 0) is 11.3 Å². The molecule has 0 unspecified atom stereocenters. The van der Waals surface area contributed by atoms with Crippen LogP contribution in [0.25, 0.3) is 0 Å². The number of ether oxygens (including phenoxy) is 2. The van der Waals surface area contributed by atoms with Crippen LogP contribution in [-0.4, -0.2) is 31.3 Å². The van der Waals surface area contributed by atoms with Gasteiger partial charge in [-0.1, -0.05) is 6.92 Å². The number of hydrogen-bond donors (Lipinski definition) is 1.